The summed E-state index contributed by atoms with van der Waals surface area (Å²) in [4.78, 5) is 15.9. The summed E-state index contributed by atoms with van der Waals surface area (Å²) in [5.74, 6) is -0.233. The van der Waals surface area contributed by atoms with Gasteiger partial charge in [0.05, 0.1) is 6.04 Å². The topological polar surface area (TPSA) is 51.2 Å². The highest BCUT2D eigenvalue weighted by Gasteiger charge is 2.12. The molecule has 22 heavy (non-hydrogen) atoms. The van der Waals surface area contributed by atoms with E-state index in [2.05, 4.69) is 15.0 Å². The van der Waals surface area contributed by atoms with Crippen LogP contribution in [0.15, 0.2) is 42.6 Å². The summed E-state index contributed by atoms with van der Waals surface area (Å²) < 4.78 is 28.4. The van der Waals surface area contributed by atoms with E-state index < -0.39 is 6.61 Å². The number of hydrogen-bond donors (Lipinski definition) is 1. The maximum atomic E-state index is 12.1. The number of carbonyl (C=O) groups is 1. The fourth-order valence-electron chi connectivity index (χ4n) is 1.84. The molecule has 1 heterocycles. The first-order valence-electron chi connectivity index (χ1n) is 6.43. The first kappa shape index (κ1) is 16.2. The normalized spacial score (nSPS) is 12.0. The summed E-state index contributed by atoms with van der Waals surface area (Å²) in [5, 5.41) is 3.02. The molecule has 0 aliphatic rings. The van der Waals surface area contributed by atoms with Crippen molar-refractivity contribution in [2.45, 2.75) is 19.6 Å². The highest BCUT2D eigenvalue weighted by molar-refractivity contribution is 6.29. The Kier molecular flexibility index (Phi) is 5.27. The molecule has 1 atom stereocenters. The Hall–Kier alpha value is -2.21. The Labute approximate surface area is 131 Å². The maximum Gasteiger partial charge on any atom is 0.387 e. The average molecular weight is 327 g/mol. The molecule has 1 aromatic heterocycles. The molecule has 0 spiro atoms. The van der Waals surface area contributed by atoms with Gasteiger partial charge < -0.3 is 10.1 Å². The molecule has 4 nitrogen and oxygen atoms in total. The molecular weight excluding hydrogens is 314 g/mol. The minimum Gasteiger partial charge on any atom is -0.435 e. The van der Waals surface area contributed by atoms with Crippen LogP contribution in [0, 0.1) is 0 Å². The van der Waals surface area contributed by atoms with Crippen LogP contribution in [0.2, 0.25) is 5.15 Å². The number of nitrogens with one attached hydrogen (secondary N) is 1. The SMILES string of the molecule is CC(NC(=O)c1ccnc(Cl)c1)c1ccc(OC(F)F)cc1. The van der Waals surface area contributed by atoms with Gasteiger partial charge in [0.1, 0.15) is 10.9 Å². The average Bonchev–Trinajstić information content (AvgIpc) is 2.47. The van der Waals surface area contributed by atoms with Crippen molar-refractivity contribution >= 4 is 17.5 Å². The number of nitrogens with zero attached hydrogens (tertiary/aromatic N) is 1. The highest BCUT2D eigenvalue weighted by atomic mass is 35.5. The number of rotatable bonds is 5. The fourth-order valence-corrected chi connectivity index (χ4v) is 2.02. The van der Waals surface area contributed by atoms with Gasteiger partial charge in [-0.25, -0.2) is 4.98 Å². The van der Waals surface area contributed by atoms with E-state index in [-0.39, 0.29) is 22.9 Å². The van der Waals surface area contributed by atoms with E-state index in [1.165, 1.54) is 24.4 Å². The van der Waals surface area contributed by atoms with Gasteiger partial charge in [-0.2, -0.15) is 8.78 Å². The lowest BCUT2D eigenvalue weighted by atomic mass is 10.1. The molecule has 1 N–H and O–H groups in total. The Morgan fingerprint density at radius 1 is 1.27 bits per heavy atom. The van der Waals surface area contributed by atoms with E-state index in [9.17, 15) is 13.6 Å². The number of ether oxygens (including phenoxy) is 1. The molecule has 1 amide bonds. The third kappa shape index (κ3) is 4.39. The van der Waals surface area contributed by atoms with Crippen LogP contribution in [0.4, 0.5) is 8.78 Å². The molecule has 0 saturated heterocycles. The second kappa shape index (κ2) is 7.17. The van der Waals surface area contributed by atoms with Crippen LogP contribution in [0.25, 0.3) is 0 Å². The van der Waals surface area contributed by atoms with E-state index in [4.69, 9.17) is 11.6 Å². The lowest BCUT2D eigenvalue weighted by Gasteiger charge is -2.15. The summed E-state index contributed by atoms with van der Waals surface area (Å²) in [6.45, 7) is -1.08. The number of benzene rings is 1. The van der Waals surface area contributed by atoms with E-state index in [1.807, 2.05) is 0 Å². The monoisotopic (exact) mass is 326 g/mol. The molecule has 1 aromatic carbocycles. The fraction of sp³-hybridized carbons (Fsp3) is 0.200. The molecule has 116 valence electrons. The van der Waals surface area contributed by atoms with Gasteiger partial charge in [-0.1, -0.05) is 23.7 Å². The third-order valence-corrected chi connectivity index (χ3v) is 3.15. The molecule has 0 saturated carbocycles. The van der Waals surface area contributed by atoms with E-state index >= 15 is 0 Å². The Morgan fingerprint density at radius 3 is 2.55 bits per heavy atom. The number of aromatic nitrogens is 1. The van der Waals surface area contributed by atoms with Crippen molar-refractivity contribution in [3.05, 3.63) is 58.9 Å². The summed E-state index contributed by atoms with van der Waals surface area (Å²) in [6, 6.07) is 8.78. The number of alkyl halides is 2. The second-order valence-corrected chi connectivity index (χ2v) is 4.90. The Morgan fingerprint density at radius 2 is 1.95 bits per heavy atom. The lowest BCUT2D eigenvalue weighted by molar-refractivity contribution is -0.0498. The zero-order chi connectivity index (χ0) is 16.1. The van der Waals surface area contributed by atoms with Crippen LogP contribution in [0.1, 0.15) is 28.9 Å². The maximum absolute atomic E-state index is 12.1. The van der Waals surface area contributed by atoms with Gasteiger partial charge in [0.2, 0.25) is 0 Å². The van der Waals surface area contributed by atoms with Crippen LogP contribution in [0.5, 0.6) is 5.75 Å². The van der Waals surface area contributed by atoms with Crippen LogP contribution in [0.3, 0.4) is 0 Å². The van der Waals surface area contributed by atoms with Gasteiger partial charge in [-0.3, -0.25) is 4.79 Å². The van der Waals surface area contributed by atoms with Crippen LogP contribution in [-0.4, -0.2) is 17.5 Å². The molecular formula is C15H13ClF2N2O2. The number of amides is 1. The molecule has 2 aromatic rings. The van der Waals surface area contributed by atoms with Crippen molar-refractivity contribution in [2.24, 2.45) is 0 Å². The van der Waals surface area contributed by atoms with Crippen molar-refractivity contribution in [2.75, 3.05) is 0 Å². The molecule has 0 aliphatic carbocycles. The molecule has 0 aliphatic heterocycles. The highest BCUT2D eigenvalue weighted by Crippen LogP contribution is 2.19. The quantitative estimate of drug-likeness (QED) is 0.850. The molecule has 0 bridgehead atoms. The van der Waals surface area contributed by atoms with Crippen LogP contribution < -0.4 is 10.1 Å². The number of pyridine rings is 1. The van der Waals surface area contributed by atoms with Crippen molar-refractivity contribution in [1.82, 2.24) is 10.3 Å². The zero-order valence-corrected chi connectivity index (χ0v) is 12.3. The van der Waals surface area contributed by atoms with Gasteiger partial charge in [-0.05, 0) is 36.8 Å². The molecule has 2 rings (SSSR count). The zero-order valence-electron chi connectivity index (χ0n) is 11.6. The largest absolute Gasteiger partial charge is 0.435 e. The number of hydrogen-bond acceptors (Lipinski definition) is 3. The summed E-state index contributed by atoms with van der Waals surface area (Å²) in [6.07, 6.45) is 1.44. The van der Waals surface area contributed by atoms with Gasteiger partial charge >= 0.3 is 6.61 Å². The van der Waals surface area contributed by atoms with E-state index in [0.717, 1.165) is 5.56 Å². The summed E-state index contributed by atoms with van der Waals surface area (Å²) in [7, 11) is 0. The van der Waals surface area contributed by atoms with Gasteiger partial charge in [0.15, 0.2) is 0 Å². The minimum absolute atomic E-state index is 0.0678. The minimum atomic E-state index is -2.86. The first-order chi connectivity index (χ1) is 10.5. The molecule has 0 radical (unpaired) electrons. The van der Waals surface area contributed by atoms with Crippen molar-refractivity contribution in [1.29, 1.82) is 0 Å². The molecule has 1 unspecified atom stereocenters. The van der Waals surface area contributed by atoms with Crippen molar-refractivity contribution < 1.29 is 18.3 Å². The van der Waals surface area contributed by atoms with E-state index in [1.54, 1.807) is 25.1 Å². The van der Waals surface area contributed by atoms with E-state index in [0.29, 0.717) is 5.56 Å². The van der Waals surface area contributed by atoms with Crippen molar-refractivity contribution in [3.8, 4) is 5.75 Å². The first-order valence-corrected chi connectivity index (χ1v) is 6.80. The predicted octanol–water partition coefficient (Wildman–Crippen LogP) is 3.83. The number of halogens is 3. The van der Waals surface area contributed by atoms with Gasteiger partial charge in [-0.15, -0.1) is 0 Å². The number of carbonyl (C=O) groups excluding carboxylic acids is 1. The standard InChI is InChI=1S/C15H13ClF2N2O2/c1-9(10-2-4-12(5-3-10)22-15(17)18)20-14(21)11-6-7-19-13(16)8-11/h2-9,15H,1H3,(H,20,21). The predicted molar refractivity (Wildman–Crippen MR) is 78.2 cm³/mol. The van der Waals surface area contributed by atoms with Crippen LogP contribution >= 0.6 is 11.6 Å². The van der Waals surface area contributed by atoms with Gasteiger partial charge in [0.25, 0.3) is 5.91 Å². The summed E-state index contributed by atoms with van der Waals surface area (Å²) in [5.41, 5.74) is 1.15. The summed E-state index contributed by atoms with van der Waals surface area (Å²) >= 11 is 5.74. The second-order valence-electron chi connectivity index (χ2n) is 4.51. The smallest absolute Gasteiger partial charge is 0.387 e. The van der Waals surface area contributed by atoms with Crippen LogP contribution in [-0.2, 0) is 0 Å². The molecule has 7 heteroatoms. The Bertz CT molecular complexity index is 650. The molecule has 0 fully saturated rings. The van der Waals surface area contributed by atoms with Crippen molar-refractivity contribution in [3.63, 3.8) is 0 Å². The third-order valence-electron chi connectivity index (χ3n) is 2.94. The lowest BCUT2D eigenvalue weighted by Crippen LogP contribution is -2.26. The van der Waals surface area contributed by atoms with Gasteiger partial charge in [0, 0.05) is 11.8 Å². The Balaban J connectivity index is 2.02.